The minimum Gasteiger partial charge on any atom is -0.506 e. The maximum atomic E-state index is 13.3. The minimum atomic E-state index is -0.697. The van der Waals surface area contributed by atoms with E-state index in [1.54, 1.807) is 17.0 Å². The Morgan fingerprint density at radius 2 is 1.74 bits per heavy atom. The van der Waals surface area contributed by atoms with Crippen molar-refractivity contribution in [2.24, 2.45) is 0 Å². The van der Waals surface area contributed by atoms with Crippen molar-refractivity contribution < 1.29 is 19.8 Å². The van der Waals surface area contributed by atoms with Gasteiger partial charge in [-0.25, -0.2) is 0 Å². The fourth-order valence-electron chi connectivity index (χ4n) is 4.70. The largest absolute Gasteiger partial charge is 0.506 e. The summed E-state index contributed by atoms with van der Waals surface area (Å²) >= 11 is 6.15. The van der Waals surface area contributed by atoms with E-state index in [1.807, 2.05) is 30.3 Å². The van der Waals surface area contributed by atoms with Crippen molar-refractivity contribution in [3.05, 3.63) is 76.0 Å². The van der Waals surface area contributed by atoms with Crippen molar-refractivity contribution in [1.82, 2.24) is 4.90 Å². The summed E-state index contributed by atoms with van der Waals surface area (Å²) in [4.78, 5) is 28.0. The number of carbonyl (C=O) groups is 2. The van der Waals surface area contributed by atoms with E-state index in [2.05, 4.69) is 0 Å². The second-order valence-electron chi connectivity index (χ2n) is 8.29. The molecule has 4 rings (SSSR count). The number of amides is 1. The van der Waals surface area contributed by atoms with Gasteiger partial charge in [0.05, 0.1) is 16.6 Å². The fourth-order valence-corrected chi connectivity index (χ4v) is 4.89. The number of hydrogen-bond donors (Lipinski definition) is 2. The first-order valence-electron chi connectivity index (χ1n) is 10.8. The fraction of sp³-hybridized carbons (Fsp3) is 0.360. The van der Waals surface area contributed by atoms with Crippen LogP contribution in [0, 0.1) is 0 Å². The molecule has 162 valence electrons. The highest BCUT2D eigenvalue weighted by molar-refractivity contribution is 6.32. The van der Waals surface area contributed by atoms with Crippen LogP contribution in [0.25, 0.3) is 0 Å². The van der Waals surface area contributed by atoms with Gasteiger partial charge in [-0.15, -0.1) is 0 Å². The Hall–Kier alpha value is -2.79. The van der Waals surface area contributed by atoms with Crippen LogP contribution >= 0.6 is 11.6 Å². The van der Waals surface area contributed by atoms with E-state index in [4.69, 9.17) is 11.6 Å². The van der Waals surface area contributed by atoms with E-state index in [1.165, 1.54) is 6.07 Å². The average Bonchev–Trinajstić information content (AvgIpc) is 3.06. The molecule has 2 N–H and O–H groups in total. The zero-order chi connectivity index (χ0) is 22.0. The molecule has 5 nitrogen and oxygen atoms in total. The zero-order valence-electron chi connectivity index (χ0n) is 17.3. The van der Waals surface area contributed by atoms with E-state index in [9.17, 15) is 19.8 Å². The van der Waals surface area contributed by atoms with Crippen molar-refractivity contribution in [3.63, 3.8) is 0 Å². The van der Waals surface area contributed by atoms with Crippen LogP contribution in [0.2, 0.25) is 5.02 Å². The van der Waals surface area contributed by atoms with Gasteiger partial charge < -0.3 is 15.1 Å². The lowest BCUT2D eigenvalue weighted by Crippen LogP contribution is -2.41. The van der Waals surface area contributed by atoms with Crippen molar-refractivity contribution in [2.45, 2.75) is 57.0 Å². The molecule has 31 heavy (non-hydrogen) atoms. The second-order valence-corrected chi connectivity index (χ2v) is 8.70. The van der Waals surface area contributed by atoms with Gasteiger partial charge in [0.15, 0.2) is 11.5 Å². The maximum Gasteiger partial charge on any atom is 0.290 e. The molecule has 1 aliphatic carbocycles. The first-order chi connectivity index (χ1) is 15.0. The number of ketones is 1. The van der Waals surface area contributed by atoms with Crippen molar-refractivity contribution in [1.29, 1.82) is 0 Å². The molecule has 1 heterocycles. The molecule has 1 amide bonds. The van der Waals surface area contributed by atoms with Gasteiger partial charge in [-0.05, 0) is 42.5 Å². The van der Waals surface area contributed by atoms with Gasteiger partial charge >= 0.3 is 0 Å². The number of aryl methyl sites for hydroxylation is 1. The Morgan fingerprint density at radius 3 is 2.42 bits per heavy atom. The predicted octanol–water partition coefficient (Wildman–Crippen LogP) is 5.28. The van der Waals surface area contributed by atoms with Gasteiger partial charge in [-0.2, -0.15) is 0 Å². The Morgan fingerprint density at radius 1 is 1.03 bits per heavy atom. The zero-order valence-corrected chi connectivity index (χ0v) is 18.0. The van der Waals surface area contributed by atoms with Crippen LogP contribution in [0.4, 0.5) is 0 Å². The summed E-state index contributed by atoms with van der Waals surface area (Å²) in [5.74, 6) is -1.27. The topological polar surface area (TPSA) is 77.8 Å². The monoisotopic (exact) mass is 439 g/mol. The standard InChI is InChI=1S/C25H26ClNO4/c26-19-15-17(12-14-20(19)28)23-22(21(29)13-11-16-7-3-1-4-8-16)24(30)25(31)27(23)18-9-5-2-6-10-18/h1,3-4,7-8,12,14-15,18,23,28,30H,2,5-6,9-11,13H2. The molecule has 0 aromatic heterocycles. The SMILES string of the molecule is O=C(CCc1ccccc1)C1=C(O)C(=O)N(C2CCCCC2)C1c1ccc(O)c(Cl)c1. The van der Waals surface area contributed by atoms with Gasteiger partial charge in [-0.3, -0.25) is 9.59 Å². The normalized spacial score (nSPS) is 19.8. The number of phenols is 1. The summed E-state index contributed by atoms with van der Waals surface area (Å²) in [6.07, 6.45) is 5.54. The van der Waals surface area contributed by atoms with Gasteiger partial charge in [0, 0.05) is 12.5 Å². The van der Waals surface area contributed by atoms with E-state index in [0.29, 0.717) is 12.0 Å². The van der Waals surface area contributed by atoms with Crippen LogP contribution < -0.4 is 0 Å². The lowest BCUT2D eigenvalue weighted by molar-refractivity contribution is -0.132. The highest BCUT2D eigenvalue weighted by Crippen LogP contribution is 2.43. The molecule has 0 bridgehead atoms. The predicted molar refractivity (Wildman–Crippen MR) is 119 cm³/mol. The third kappa shape index (κ3) is 4.33. The molecule has 2 aliphatic rings. The van der Waals surface area contributed by atoms with Gasteiger partial charge in [0.25, 0.3) is 5.91 Å². The molecule has 0 radical (unpaired) electrons. The Balaban J connectivity index is 1.68. The molecule has 1 unspecified atom stereocenters. The van der Waals surface area contributed by atoms with Gasteiger partial charge in [0.1, 0.15) is 5.75 Å². The van der Waals surface area contributed by atoms with Crippen molar-refractivity contribution >= 4 is 23.3 Å². The third-order valence-electron chi connectivity index (χ3n) is 6.28. The lowest BCUT2D eigenvalue weighted by atomic mass is 9.89. The summed E-state index contributed by atoms with van der Waals surface area (Å²) in [5, 5.41) is 20.8. The Labute approximate surface area is 187 Å². The van der Waals surface area contributed by atoms with Crippen LogP contribution in [0.1, 0.15) is 55.7 Å². The van der Waals surface area contributed by atoms with Gasteiger partial charge in [0.2, 0.25) is 0 Å². The molecule has 1 atom stereocenters. The molecule has 6 heteroatoms. The Kier molecular flexibility index (Phi) is 6.33. The molecule has 2 aromatic rings. The highest BCUT2D eigenvalue weighted by atomic mass is 35.5. The Bertz CT molecular complexity index is 1010. The number of aromatic hydroxyl groups is 1. The van der Waals surface area contributed by atoms with Crippen LogP contribution in [0.15, 0.2) is 59.9 Å². The highest BCUT2D eigenvalue weighted by Gasteiger charge is 2.46. The first-order valence-corrected chi connectivity index (χ1v) is 11.2. The third-order valence-corrected chi connectivity index (χ3v) is 6.59. The molecule has 1 aliphatic heterocycles. The number of Topliss-reactive ketones (excluding diaryl/α,β-unsaturated/α-hetero) is 1. The number of phenolic OH excluding ortho intramolecular Hbond substituents is 1. The number of benzene rings is 2. The molecule has 1 fully saturated rings. The van der Waals surface area contributed by atoms with Crippen molar-refractivity contribution in [3.8, 4) is 5.75 Å². The van der Waals surface area contributed by atoms with E-state index >= 15 is 0 Å². The quantitative estimate of drug-likeness (QED) is 0.642. The summed E-state index contributed by atoms with van der Waals surface area (Å²) in [7, 11) is 0. The molecule has 2 aromatic carbocycles. The molecule has 1 saturated carbocycles. The van der Waals surface area contributed by atoms with Crippen LogP contribution in [-0.2, 0) is 16.0 Å². The van der Waals surface area contributed by atoms with E-state index in [0.717, 1.165) is 37.7 Å². The minimum absolute atomic E-state index is 0.0413. The summed E-state index contributed by atoms with van der Waals surface area (Å²) in [6, 6.07) is 13.6. The molecule has 0 saturated heterocycles. The van der Waals surface area contributed by atoms with Crippen LogP contribution in [-0.4, -0.2) is 32.8 Å². The number of nitrogens with zero attached hydrogens (tertiary/aromatic N) is 1. The van der Waals surface area contributed by atoms with Crippen LogP contribution in [0.3, 0.4) is 0 Å². The molecule has 0 spiro atoms. The smallest absolute Gasteiger partial charge is 0.290 e. The van der Waals surface area contributed by atoms with Gasteiger partial charge in [-0.1, -0.05) is 67.3 Å². The number of aliphatic hydroxyl groups is 1. The lowest BCUT2D eigenvalue weighted by Gasteiger charge is -2.36. The number of aliphatic hydroxyl groups excluding tert-OH is 1. The number of carbonyl (C=O) groups excluding carboxylic acids is 2. The molecular formula is C25H26ClNO4. The summed E-state index contributed by atoms with van der Waals surface area (Å²) in [6.45, 7) is 0. The number of halogens is 1. The van der Waals surface area contributed by atoms with E-state index in [-0.39, 0.29) is 34.6 Å². The summed E-state index contributed by atoms with van der Waals surface area (Å²) in [5.41, 5.74) is 1.77. The molecular weight excluding hydrogens is 414 g/mol. The average molecular weight is 440 g/mol. The summed E-state index contributed by atoms with van der Waals surface area (Å²) < 4.78 is 0. The van der Waals surface area contributed by atoms with Crippen LogP contribution in [0.5, 0.6) is 5.75 Å². The maximum absolute atomic E-state index is 13.3. The number of hydrogen-bond acceptors (Lipinski definition) is 4. The first kappa shape index (κ1) is 21.4. The van der Waals surface area contributed by atoms with Crippen molar-refractivity contribution in [2.75, 3.05) is 0 Å². The number of rotatable bonds is 6. The van der Waals surface area contributed by atoms with E-state index < -0.39 is 17.7 Å². The second kappa shape index (κ2) is 9.15.